The summed E-state index contributed by atoms with van der Waals surface area (Å²) in [5.74, 6) is -2.01. The van der Waals surface area contributed by atoms with Crippen molar-refractivity contribution in [2.45, 2.75) is 39.5 Å². The zero-order valence-corrected chi connectivity index (χ0v) is 15.7. The van der Waals surface area contributed by atoms with Gasteiger partial charge in [0.1, 0.15) is 19.8 Å². The zero-order chi connectivity index (χ0) is 20.0. The number of hydrogen-bond donors (Lipinski definition) is 1. The van der Waals surface area contributed by atoms with Crippen molar-refractivity contribution in [2.75, 3.05) is 26.4 Å². The summed E-state index contributed by atoms with van der Waals surface area (Å²) in [5, 5.41) is 9.77. The van der Waals surface area contributed by atoms with Gasteiger partial charge in [0, 0.05) is 12.2 Å². The monoisotopic (exact) mass is 370 g/mol. The lowest BCUT2D eigenvalue weighted by atomic mass is 9.92. The Morgan fingerprint density at radius 1 is 1.00 bits per heavy atom. The number of aliphatic hydroxyl groups excluding tert-OH is 1. The Morgan fingerprint density at radius 3 is 1.88 bits per heavy atom. The first-order valence-electron chi connectivity index (χ1n) is 8.73. The Labute approximate surface area is 155 Å². The molecule has 0 bridgehead atoms. The predicted molar refractivity (Wildman–Crippen MR) is 96.1 cm³/mol. The van der Waals surface area contributed by atoms with Gasteiger partial charge in [-0.15, -0.1) is 0 Å². The molecule has 0 aromatic carbocycles. The zero-order valence-electron chi connectivity index (χ0n) is 15.7. The number of aliphatic hydroxyl groups is 1. The van der Waals surface area contributed by atoms with Gasteiger partial charge < -0.3 is 19.3 Å². The lowest BCUT2D eigenvalue weighted by Gasteiger charge is -2.30. The first kappa shape index (κ1) is 23.9. The van der Waals surface area contributed by atoms with Gasteiger partial charge in [-0.2, -0.15) is 0 Å². The van der Waals surface area contributed by atoms with Crippen LogP contribution in [0.3, 0.4) is 0 Å². The van der Waals surface area contributed by atoms with E-state index in [1.165, 1.54) is 0 Å². The molecule has 0 aliphatic carbocycles. The van der Waals surface area contributed by atoms with Crippen molar-refractivity contribution in [1.29, 1.82) is 0 Å². The van der Waals surface area contributed by atoms with Crippen molar-refractivity contribution in [3.8, 4) is 0 Å². The largest absolute Gasteiger partial charge is 0.465 e. The molecule has 0 radical (unpaired) electrons. The molecule has 148 valence electrons. The van der Waals surface area contributed by atoms with Crippen LogP contribution in [0.15, 0.2) is 25.3 Å². The third kappa shape index (κ3) is 8.80. The number of ether oxygens (including phenoxy) is 3. The first-order chi connectivity index (χ1) is 12.4. The van der Waals surface area contributed by atoms with E-state index in [-0.39, 0.29) is 31.7 Å². The Morgan fingerprint density at radius 2 is 1.50 bits per heavy atom. The summed E-state index contributed by atoms with van der Waals surface area (Å²) in [6.45, 7) is 9.17. The molecule has 0 aliphatic rings. The molecule has 0 aliphatic heterocycles. The second kappa shape index (κ2) is 13.1. The smallest absolute Gasteiger partial charge is 0.330 e. The van der Waals surface area contributed by atoms with Crippen LogP contribution in [0.1, 0.15) is 39.5 Å². The molecule has 0 heterocycles. The Hall–Kier alpha value is -2.15. The highest BCUT2D eigenvalue weighted by Gasteiger charge is 2.36. The van der Waals surface area contributed by atoms with Gasteiger partial charge in [-0.3, -0.25) is 4.79 Å². The van der Waals surface area contributed by atoms with Crippen LogP contribution in [0.4, 0.5) is 0 Å². The molecule has 0 spiro atoms. The summed E-state index contributed by atoms with van der Waals surface area (Å²) in [6, 6.07) is 0. The van der Waals surface area contributed by atoms with Crippen LogP contribution in [0.2, 0.25) is 0 Å². The van der Waals surface area contributed by atoms with Crippen molar-refractivity contribution >= 4 is 17.9 Å². The third-order valence-electron chi connectivity index (χ3n) is 3.96. The maximum Gasteiger partial charge on any atom is 0.330 e. The van der Waals surface area contributed by atoms with Gasteiger partial charge in [0.15, 0.2) is 0 Å². The van der Waals surface area contributed by atoms with Crippen molar-refractivity contribution < 1.29 is 33.7 Å². The van der Waals surface area contributed by atoms with Crippen LogP contribution in [-0.2, 0) is 28.6 Å². The molecule has 26 heavy (non-hydrogen) atoms. The van der Waals surface area contributed by atoms with E-state index in [1.54, 1.807) is 0 Å². The quantitative estimate of drug-likeness (QED) is 0.284. The summed E-state index contributed by atoms with van der Waals surface area (Å²) in [6.07, 6.45) is 5.19. The van der Waals surface area contributed by atoms with Gasteiger partial charge in [-0.1, -0.05) is 39.8 Å². The average molecular weight is 370 g/mol. The molecule has 0 fully saturated rings. The minimum Gasteiger partial charge on any atom is -0.465 e. The molecule has 0 saturated heterocycles. The van der Waals surface area contributed by atoms with Crippen molar-refractivity contribution in [3.05, 3.63) is 25.3 Å². The van der Waals surface area contributed by atoms with Crippen LogP contribution in [0, 0.1) is 11.3 Å². The summed E-state index contributed by atoms with van der Waals surface area (Å²) in [7, 11) is 0. The van der Waals surface area contributed by atoms with Crippen LogP contribution in [0.5, 0.6) is 0 Å². The molecule has 1 unspecified atom stereocenters. The van der Waals surface area contributed by atoms with E-state index in [4.69, 9.17) is 14.2 Å². The fourth-order valence-electron chi connectivity index (χ4n) is 2.11. The van der Waals surface area contributed by atoms with Gasteiger partial charge in [0.05, 0.1) is 17.9 Å². The second-order valence-corrected chi connectivity index (χ2v) is 6.14. The molecule has 0 aromatic heterocycles. The molecule has 1 atom stereocenters. The van der Waals surface area contributed by atoms with E-state index in [2.05, 4.69) is 13.2 Å². The summed E-state index contributed by atoms with van der Waals surface area (Å²) in [4.78, 5) is 34.9. The molecular formula is C19H30O7. The molecule has 1 N–H and O–H groups in total. The molecule has 0 aromatic rings. The molecule has 7 nitrogen and oxygen atoms in total. The van der Waals surface area contributed by atoms with Crippen molar-refractivity contribution in [2.24, 2.45) is 11.3 Å². The normalized spacial score (nSPS) is 12.0. The van der Waals surface area contributed by atoms with E-state index in [1.807, 2.05) is 13.8 Å². The minimum absolute atomic E-state index is 0.238. The van der Waals surface area contributed by atoms with Crippen LogP contribution >= 0.6 is 0 Å². The van der Waals surface area contributed by atoms with E-state index in [0.29, 0.717) is 6.42 Å². The number of rotatable bonds is 14. The van der Waals surface area contributed by atoms with Gasteiger partial charge in [-0.05, 0) is 12.8 Å². The summed E-state index contributed by atoms with van der Waals surface area (Å²) >= 11 is 0. The van der Waals surface area contributed by atoms with Gasteiger partial charge in [-0.25, -0.2) is 9.59 Å². The van der Waals surface area contributed by atoms with Crippen molar-refractivity contribution in [3.63, 3.8) is 0 Å². The fourth-order valence-corrected chi connectivity index (χ4v) is 2.11. The van der Waals surface area contributed by atoms with Gasteiger partial charge >= 0.3 is 17.9 Å². The number of unbranched alkanes of at least 4 members (excludes halogenated alkanes) is 1. The Kier molecular flexibility index (Phi) is 12.0. The molecule has 7 heteroatoms. The lowest BCUT2D eigenvalue weighted by molar-refractivity contribution is -0.164. The minimum atomic E-state index is -1.25. The fraction of sp³-hybridized carbons (Fsp3) is 0.632. The Balaban J connectivity index is 5.02. The van der Waals surface area contributed by atoms with Crippen LogP contribution in [-0.4, -0.2) is 49.4 Å². The predicted octanol–water partition coefficient (Wildman–Crippen LogP) is 2.18. The summed E-state index contributed by atoms with van der Waals surface area (Å²) in [5.41, 5.74) is -1.25. The molecule has 0 saturated carbocycles. The average Bonchev–Trinajstić information content (AvgIpc) is 2.67. The standard InChI is InChI=1S/C19H30O7/c1-5-9-10-15(6-2)18(23)26-14-19(11-20,12-24-16(21)7-3)13-25-17(22)8-4/h7-8,15,20H,3-6,9-14H2,1-2H3. The number of hydrogen-bond acceptors (Lipinski definition) is 7. The van der Waals surface area contributed by atoms with Crippen molar-refractivity contribution in [1.82, 2.24) is 0 Å². The van der Waals surface area contributed by atoms with Gasteiger partial charge in [0.25, 0.3) is 0 Å². The van der Waals surface area contributed by atoms with E-state index < -0.39 is 24.0 Å². The summed E-state index contributed by atoms with van der Waals surface area (Å²) < 4.78 is 15.3. The van der Waals surface area contributed by atoms with E-state index in [0.717, 1.165) is 31.4 Å². The van der Waals surface area contributed by atoms with Crippen LogP contribution in [0.25, 0.3) is 0 Å². The highest BCUT2D eigenvalue weighted by molar-refractivity contribution is 5.81. The number of carbonyl (C=O) groups excluding carboxylic acids is 3. The lowest BCUT2D eigenvalue weighted by Crippen LogP contribution is -2.42. The third-order valence-corrected chi connectivity index (χ3v) is 3.96. The topological polar surface area (TPSA) is 99.1 Å². The molecule has 0 amide bonds. The van der Waals surface area contributed by atoms with Gasteiger partial charge in [0.2, 0.25) is 0 Å². The second-order valence-electron chi connectivity index (χ2n) is 6.14. The molecule has 0 rings (SSSR count). The first-order valence-corrected chi connectivity index (χ1v) is 8.73. The Bertz CT molecular complexity index is 460. The van der Waals surface area contributed by atoms with E-state index in [9.17, 15) is 19.5 Å². The maximum absolute atomic E-state index is 12.3. The van der Waals surface area contributed by atoms with E-state index >= 15 is 0 Å². The highest BCUT2D eigenvalue weighted by Crippen LogP contribution is 2.22. The highest BCUT2D eigenvalue weighted by atomic mass is 16.6. The maximum atomic E-state index is 12.3. The molecular weight excluding hydrogens is 340 g/mol. The number of carbonyl (C=O) groups is 3. The SMILES string of the molecule is C=CC(=O)OCC(CO)(COC(=O)C=C)COC(=O)C(CC)CCCC. The van der Waals surface area contributed by atoms with Crippen LogP contribution < -0.4 is 0 Å². The number of esters is 3.